The number of likely N-dealkylation sites (tertiary alicyclic amines) is 1. The molecule has 2 aliphatic rings. The fourth-order valence-corrected chi connectivity index (χ4v) is 2.90. The summed E-state index contributed by atoms with van der Waals surface area (Å²) in [4.78, 5) is 17.6. The molecule has 0 bridgehead atoms. The molecule has 5 heteroatoms. The number of pyridine rings is 1. The minimum Gasteiger partial charge on any atom is -0.477 e. The summed E-state index contributed by atoms with van der Waals surface area (Å²) in [7, 11) is 0. The van der Waals surface area contributed by atoms with Crippen LogP contribution < -0.4 is 5.32 Å². The van der Waals surface area contributed by atoms with E-state index in [9.17, 15) is 4.79 Å². The predicted octanol–water partition coefficient (Wildman–Crippen LogP) is 1.35. The molecule has 5 nitrogen and oxygen atoms in total. The number of nitrogens with one attached hydrogen (secondary N) is 1. The van der Waals surface area contributed by atoms with Gasteiger partial charge in [-0.3, -0.25) is 0 Å². The lowest BCUT2D eigenvalue weighted by Crippen LogP contribution is -2.27. The van der Waals surface area contributed by atoms with Gasteiger partial charge in [-0.25, -0.2) is 9.78 Å². The second kappa shape index (κ2) is 5.89. The van der Waals surface area contributed by atoms with E-state index in [1.54, 1.807) is 6.07 Å². The van der Waals surface area contributed by atoms with Crippen molar-refractivity contribution in [2.45, 2.75) is 31.8 Å². The molecule has 1 atom stereocenters. The molecular formula is C15H21N3O2. The minimum atomic E-state index is -0.970. The molecular weight excluding hydrogens is 254 g/mol. The molecule has 0 radical (unpaired) electrons. The van der Waals surface area contributed by atoms with Gasteiger partial charge < -0.3 is 15.3 Å². The van der Waals surface area contributed by atoms with Gasteiger partial charge in [0, 0.05) is 19.1 Å². The van der Waals surface area contributed by atoms with Crippen molar-refractivity contribution >= 4 is 5.97 Å². The summed E-state index contributed by atoms with van der Waals surface area (Å²) >= 11 is 0. The summed E-state index contributed by atoms with van der Waals surface area (Å²) in [6.45, 7) is 4.08. The van der Waals surface area contributed by atoms with Crippen LogP contribution in [0.25, 0.3) is 0 Å². The van der Waals surface area contributed by atoms with Crippen LogP contribution in [0.15, 0.2) is 18.2 Å². The van der Waals surface area contributed by atoms with Gasteiger partial charge in [0.1, 0.15) is 5.69 Å². The van der Waals surface area contributed by atoms with Crippen molar-refractivity contribution in [3.05, 3.63) is 29.6 Å². The summed E-state index contributed by atoms with van der Waals surface area (Å²) in [6, 6.07) is 6.01. The van der Waals surface area contributed by atoms with Crippen LogP contribution in [0.4, 0.5) is 0 Å². The fraction of sp³-hybridized carbons (Fsp3) is 0.600. The van der Waals surface area contributed by atoms with Gasteiger partial charge in [-0.05, 0) is 50.4 Å². The predicted molar refractivity (Wildman–Crippen MR) is 75.6 cm³/mol. The number of carboxylic acid groups (broad SMARTS) is 1. The molecule has 2 fully saturated rings. The number of aromatic nitrogens is 1. The van der Waals surface area contributed by atoms with Crippen molar-refractivity contribution in [3.63, 3.8) is 0 Å². The average molecular weight is 275 g/mol. The number of hydrogen-bond acceptors (Lipinski definition) is 4. The maximum atomic E-state index is 10.9. The Balaban J connectivity index is 1.43. The quantitative estimate of drug-likeness (QED) is 0.820. The zero-order valence-corrected chi connectivity index (χ0v) is 11.6. The average Bonchev–Trinajstić information content (AvgIpc) is 3.19. The molecule has 1 saturated heterocycles. The van der Waals surface area contributed by atoms with Crippen LogP contribution in [-0.2, 0) is 6.54 Å². The van der Waals surface area contributed by atoms with Crippen molar-refractivity contribution in [3.8, 4) is 0 Å². The lowest BCUT2D eigenvalue weighted by molar-refractivity contribution is 0.0690. The number of nitrogens with zero attached hydrogens (tertiary/aromatic N) is 2. The van der Waals surface area contributed by atoms with Gasteiger partial charge in [0.05, 0.1) is 5.69 Å². The Labute approximate surface area is 119 Å². The van der Waals surface area contributed by atoms with Gasteiger partial charge in [0.25, 0.3) is 0 Å². The highest BCUT2D eigenvalue weighted by molar-refractivity contribution is 5.85. The highest BCUT2D eigenvalue weighted by atomic mass is 16.4. The van der Waals surface area contributed by atoms with Gasteiger partial charge in [0.2, 0.25) is 0 Å². The van der Waals surface area contributed by atoms with Crippen molar-refractivity contribution < 1.29 is 9.90 Å². The third-order valence-electron chi connectivity index (χ3n) is 4.15. The lowest BCUT2D eigenvalue weighted by Gasteiger charge is -2.15. The zero-order valence-electron chi connectivity index (χ0n) is 11.6. The molecule has 20 heavy (non-hydrogen) atoms. The zero-order chi connectivity index (χ0) is 13.9. The molecule has 2 N–H and O–H groups in total. The van der Waals surface area contributed by atoms with Crippen molar-refractivity contribution in [1.82, 2.24) is 15.2 Å². The monoisotopic (exact) mass is 275 g/mol. The van der Waals surface area contributed by atoms with Gasteiger partial charge in [-0.2, -0.15) is 0 Å². The van der Waals surface area contributed by atoms with E-state index in [4.69, 9.17) is 5.11 Å². The van der Waals surface area contributed by atoms with E-state index in [1.165, 1.54) is 38.4 Å². The van der Waals surface area contributed by atoms with Gasteiger partial charge >= 0.3 is 5.97 Å². The second-order valence-electron chi connectivity index (χ2n) is 5.83. The minimum absolute atomic E-state index is 0.116. The molecule has 1 unspecified atom stereocenters. The first kappa shape index (κ1) is 13.5. The van der Waals surface area contributed by atoms with E-state index < -0.39 is 5.97 Å². The molecule has 2 heterocycles. The molecule has 1 saturated carbocycles. The third-order valence-corrected chi connectivity index (χ3v) is 4.15. The maximum absolute atomic E-state index is 10.9. The Morgan fingerprint density at radius 3 is 3.00 bits per heavy atom. The molecule has 1 aromatic rings. The number of carboxylic acids is 1. The summed E-state index contributed by atoms with van der Waals surface area (Å²) in [5.74, 6) is -0.249. The molecule has 1 aliphatic carbocycles. The topological polar surface area (TPSA) is 65.5 Å². The maximum Gasteiger partial charge on any atom is 0.354 e. The Morgan fingerprint density at radius 1 is 1.40 bits per heavy atom. The Bertz CT molecular complexity index is 488. The summed E-state index contributed by atoms with van der Waals surface area (Å²) in [5.41, 5.74) is 0.909. The molecule has 0 aromatic carbocycles. The summed E-state index contributed by atoms with van der Waals surface area (Å²) in [5, 5.41) is 12.3. The Hall–Kier alpha value is -1.46. The van der Waals surface area contributed by atoms with Crippen LogP contribution in [0, 0.1) is 5.92 Å². The normalized spacial score (nSPS) is 23.1. The SMILES string of the molecule is O=C(O)c1cccc(CNCC2CCN(C3CC3)C2)n1. The first-order valence-corrected chi connectivity index (χ1v) is 7.36. The standard InChI is InChI=1S/C15H21N3O2/c19-15(20)14-3-1-2-12(17-14)9-16-8-11-6-7-18(10-11)13-4-5-13/h1-3,11,13,16H,4-10H2,(H,19,20). The van der Waals surface area contributed by atoms with Gasteiger partial charge in [0.15, 0.2) is 0 Å². The number of carbonyl (C=O) groups is 1. The van der Waals surface area contributed by atoms with Crippen LogP contribution in [-0.4, -0.2) is 46.6 Å². The van der Waals surface area contributed by atoms with E-state index in [-0.39, 0.29) is 5.69 Å². The highest BCUT2D eigenvalue weighted by Gasteiger charge is 2.33. The van der Waals surface area contributed by atoms with Crippen LogP contribution in [0.5, 0.6) is 0 Å². The largest absolute Gasteiger partial charge is 0.477 e. The van der Waals surface area contributed by atoms with E-state index >= 15 is 0 Å². The smallest absolute Gasteiger partial charge is 0.354 e. The van der Waals surface area contributed by atoms with Crippen LogP contribution in [0.1, 0.15) is 35.4 Å². The molecule has 0 amide bonds. The Morgan fingerprint density at radius 2 is 2.25 bits per heavy atom. The van der Waals surface area contributed by atoms with Crippen molar-refractivity contribution in [2.75, 3.05) is 19.6 Å². The third kappa shape index (κ3) is 3.35. The molecule has 1 aliphatic heterocycles. The van der Waals surface area contributed by atoms with E-state index in [2.05, 4.69) is 15.2 Å². The second-order valence-corrected chi connectivity index (χ2v) is 5.83. The summed E-state index contributed by atoms with van der Waals surface area (Å²) in [6.07, 6.45) is 4.03. The van der Waals surface area contributed by atoms with Crippen molar-refractivity contribution in [2.24, 2.45) is 5.92 Å². The fourth-order valence-electron chi connectivity index (χ4n) is 2.90. The number of aromatic carboxylic acids is 1. The number of rotatable bonds is 6. The van der Waals surface area contributed by atoms with Gasteiger partial charge in [-0.1, -0.05) is 6.07 Å². The Kier molecular flexibility index (Phi) is 3.98. The molecule has 108 valence electrons. The number of hydrogen-bond donors (Lipinski definition) is 2. The van der Waals surface area contributed by atoms with Crippen LogP contribution in [0.2, 0.25) is 0 Å². The van der Waals surface area contributed by atoms with Crippen LogP contribution >= 0.6 is 0 Å². The van der Waals surface area contributed by atoms with Crippen molar-refractivity contribution in [1.29, 1.82) is 0 Å². The lowest BCUT2D eigenvalue weighted by atomic mass is 10.1. The molecule has 1 aromatic heterocycles. The van der Waals surface area contributed by atoms with E-state index in [0.717, 1.165) is 24.2 Å². The molecule has 3 rings (SSSR count). The van der Waals surface area contributed by atoms with Crippen LogP contribution in [0.3, 0.4) is 0 Å². The van der Waals surface area contributed by atoms with E-state index in [1.807, 2.05) is 6.07 Å². The van der Waals surface area contributed by atoms with Gasteiger partial charge in [-0.15, -0.1) is 0 Å². The van der Waals surface area contributed by atoms with E-state index in [0.29, 0.717) is 6.54 Å². The molecule has 0 spiro atoms. The first-order chi connectivity index (χ1) is 9.72. The first-order valence-electron chi connectivity index (χ1n) is 7.36. The summed E-state index contributed by atoms with van der Waals surface area (Å²) < 4.78 is 0. The highest BCUT2D eigenvalue weighted by Crippen LogP contribution is 2.31.